The van der Waals surface area contributed by atoms with E-state index in [0.29, 0.717) is 0 Å². The fourth-order valence-corrected chi connectivity index (χ4v) is 2.44. The van der Waals surface area contributed by atoms with Crippen LogP contribution in [0.4, 0.5) is 0 Å². The molecule has 0 heterocycles. The Morgan fingerprint density at radius 3 is 2.06 bits per heavy atom. The third kappa shape index (κ3) is 2.31. The van der Waals surface area contributed by atoms with Gasteiger partial charge in [0.25, 0.3) is 0 Å². The highest BCUT2D eigenvalue weighted by Gasteiger charge is 2.24. The topological polar surface area (TPSA) is 0 Å². The largest absolute Gasteiger partial charge is 0.0795 e. The van der Waals surface area contributed by atoms with Crippen LogP contribution >= 0.6 is 0 Å². The van der Waals surface area contributed by atoms with Crippen LogP contribution in [-0.4, -0.2) is 0 Å². The summed E-state index contributed by atoms with van der Waals surface area (Å²) in [5, 5.41) is 0. The zero-order valence-electron chi connectivity index (χ0n) is 12.0. The average Bonchev–Trinajstić information content (AvgIpc) is 2.59. The van der Waals surface area contributed by atoms with Gasteiger partial charge in [-0.15, -0.1) is 0 Å². The zero-order valence-corrected chi connectivity index (χ0v) is 12.0. The molecule has 1 aromatic carbocycles. The molecule has 0 atom stereocenters. The van der Waals surface area contributed by atoms with E-state index in [2.05, 4.69) is 65.8 Å². The van der Waals surface area contributed by atoms with Crippen LogP contribution in [0.1, 0.15) is 63.8 Å². The Kier molecular flexibility index (Phi) is 2.72. The quantitative estimate of drug-likeness (QED) is 0.595. The average molecular weight is 228 g/mol. The summed E-state index contributed by atoms with van der Waals surface area (Å²) in [6.07, 6.45) is 5.68. The van der Waals surface area contributed by atoms with Gasteiger partial charge in [-0.05, 0) is 39.5 Å². The lowest BCUT2D eigenvalue weighted by atomic mass is 9.77. The first-order valence-corrected chi connectivity index (χ1v) is 6.54. The Labute approximate surface area is 106 Å². The molecular weight excluding hydrogens is 204 g/mol. The van der Waals surface area contributed by atoms with Crippen molar-refractivity contribution in [3.05, 3.63) is 40.5 Å². The van der Waals surface area contributed by atoms with Crippen LogP contribution in [0.3, 0.4) is 0 Å². The maximum Gasteiger partial charge on any atom is -0.00880 e. The molecule has 17 heavy (non-hydrogen) atoms. The number of hydrogen-bond acceptors (Lipinski definition) is 0. The summed E-state index contributed by atoms with van der Waals surface area (Å²) in [5.74, 6) is 0. The molecule has 0 heteroatoms. The Bertz CT molecular complexity index is 462. The first kappa shape index (κ1) is 12.4. The maximum atomic E-state index is 2.41. The van der Waals surface area contributed by atoms with E-state index < -0.39 is 0 Å². The molecule has 0 N–H and O–H groups in total. The zero-order chi connectivity index (χ0) is 12.8. The highest BCUT2D eigenvalue weighted by Crippen LogP contribution is 2.36. The highest BCUT2D eigenvalue weighted by molar-refractivity contribution is 5.66. The van der Waals surface area contributed by atoms with E-state index in [9.17, 15) is 0 Å². The summed E-state index contributed by atoms with van der Waals surface area (Å²) in [5.41, 5.74) is 6.38. The molecule has 0 amide bonds. The summed E-state index contributed by atoms with van der Waals surface area (Å²) in [7, 11) is 0. The van der Waals surface area contributed by atoms with Crippen LogP contribution in [0, 0.1) is 0 Å². The molecule has 0 aromatic heterocycles. The predicted molar refractivity (Wildman–Crippen MR) is 76.6 cm³/mol. The van der Waals surface area contributed by atoms with Crippen LogP contribution in [0.2, 0.25) is 0 Å². The first-order chi connectivity index (χ1) is 7.69. The number of rotatable bonds is 0. The number of hydrogen-bond donors (Lipinski definition) is 0. The molecular formula is C17H24. The Balaban J connectivity index is 2.65. The van der Waals surface area contributed by atoms with E-state index in [4.69, 9.17) is 0 Å². The van der Waals surface area contributed by atoms with Crippen molar-refractivity contribution in [1.29, 1.82) is 0 Å². The van der Waals surface area contributed by atoms with Crippen molar-refractivity contribution in [2.45, 2.75) is 58.8 Å². The summed E-state index contributed by atoms with van der Waals surface area (Å²) in [6, 6.07) is 4.80. The second-order valence-electron chi connectivity index (χ2n) is 7.20. The van der Waals surface area contributed by atoms with E-state index in [1.54, 1.807) is 0 Å². The van der Waals surface area contributed by atoms with Crippen LogP contribution in [0.25, 0.3) is 6.08 Å². The van der Waals surface area contributed by atoms with Crippen molar-refractivity contribution in [2.24, 2.45) is 0 Å². The molecule has 0 aliphatic heterocycles. The van der Waals surface area contributed by atoms with E-state index in [1.165, 1.54) is 22.3 Å². The van der Waals surface area contributed by atoms with Crippen LogP contribution in [0.15, 0.2) is 18.2 Å². The molecule has 1 aliphatic carbocycles. The van der Waals surface area contributed by atoms with E-state index in [-0.39, 0.29) is 10.8 Å². The van der Waals surface area contributed by atoms with Crippen LogP contribution < -0.4 is 0 Å². The predicted octanol–water partition coefficient (Wildman–Crippen LogP) is 4.85. The molecule has 0 unspecified atom stereocenters. The van der Waals surface area contributed by atoms with Crippen molar-refractivity contribution in [3.63, 3.8) is 0 Å². The lowest BCUT2D eigenvalue weighted by Crippen LogP contribution is -2.18. The molecule has 0 fully saturated rings. The lowest BCUT2D eigenvalue weighted by molar-refractivity contribution is 0.567. The van der Waals surface area contributed by atoms with E-state index in [0.717, 1.165) is 6.42 Å². The highest BCUT2D eigenvalue weighted by atomic mass is 14.3. The minimum absolute atomic E-state index is 0.222. The third-order valence-corrected chi connectivity index (χ3v) is 3.56. The molecule has 0 saturated carbocycles. The molecule has 1 aromatic rings. The third-order valence-electron chi connectivity index (χ3n) is 3.56. The molecule has 0 bridgehead atoms. The van der Waals surface area contributed by atoms with Crippen LogP contribution in [-0.2, 0) is 17.3 Å². The fourth-order valence-electron chi connectivity index (χ4n) is 2.44. The lowest BCUT2D eigenvalue weighted by Gasteiger charge is -2.27. The number of benzene rings is 1. The summed E-state index contributed by atoms with van der Waals surface area (Å²) < 4.78 is 0. The molecule has 0 radical (unpaired) electrons. The fraction of sp³-hybridized carbons (Fsp3) is 0.529. The molecule has 1 aliphatic rings. The molecule has 0 spiro atoms. The number of fused-ring (bicyclic) bond motifs is 1. The Morgan fingerprint density at radius 1 is 0.882 bits per heavy atom. The summed E-state index contributed by atoms with van der Waals surface area (Å²) in [6.45, 7) is 13.8. The minimum atomic E-state index is 0.222. The maximum absolute atomic E-state index is 2.41. The van der Waals surface area contributed by atoms with Crippen molar-refractivity contribution in [1.82, 2.24) is 0 Å². The van der Waals surface area contributed by atoms with Crippen LogP contribution in [0.5, 0.6) is 0 Å². The Hall–Kier alpha value is -1.04. The van der Waals surface area contributed by atoms with Gasteiger partial charge in [-0.1, -0.05) is 65.8 Å². The second kappa shape index (κ2) is 3.73. The minimum Gasteiger partial charge on any atom is -0.0795 e. The van der Waals surface area contributed by atoms with Gasteiger partial charge in [0.15, 0.2) is 0 Å². The summed E-state index contributed by atoms with van der Waals surface area (Å²) in [4.78, 5) is 0. The smallest absolute Gasteiger partial charge is 0.00880 e. The van der Waals surface area contributed by atoms with Gasteiger partial charge in [-0.2, -0.15) is 0 Å². The molecule has 0 nitrogen and oxygen atoms in total. The molecule has 92 valence electrons. The normalized spacial score (nSPS) is 15.2. The van der Waals surface area contributed by atoms with Gasteiger partial charge in [0.05, 0.1) is 0 Å². The van der Waals surface area contributed by atoms with Gasteiger partial charge in [0.2, 0.25) is 0 Å². The molecule has 0 saturated heterocycles. The van der Waals surface area contributed by atoms with Crippen molar-refractivity contribution in [2.75, 3.05) is 0 Å². The standard InChI is InChI=1S/C17H24/c1-16(2,3)13-10-12-8-7-9-14(12)15(11-13)17(4,5)6/h7,9-11H,8H2,1-6H3. The van der Waals surface area contributed by atoms with Crippen molar-refractivity contribution < 1.29 is 0 Å². The van der Waals surface area contributed by atoms with Gasteiger partial charge in [0, 0.05) is 0 Å². The second-order valence-corrected chi connectivity index (χ2v) is 7.20. The van der Waals surface area contributed by atoms with Gasteiger partial charge < -0.3 is 0 Å². The van der Waals surface area contributed by atoms with E-state index >= 15 is 0 Å². The van der Waals surface area contributed by atoms with Gasteiger partial charge in [-0.3, -0.25) is 0 Å². The summed E-state index contributed by atoms with van der Waals surface area (Å²) >= 11 is 0. The molecule has 2 rings (SSSR count). The van der Waals surface area contributed by atoms with Gasteiger partial charge in [-0.25, -0.2) is 0 Å². The van der Waals surface area contributed by atoms with Crippen molar-refractivity contribution >= 4 is 6.08 Å². The van der Waals surface area contributed by atoms with Gasteiger partial charge >= 0.3 is 0 Å². The number of allylic oxidation sites excluding steroid dienone is 1. The Morgan fingerprint density at radius 2 is 1.53 bits per heavy atom. The first-order valence-electron chi connectivity index (χ1n) is 6.54. The van der Waals surface area contributed by atoms with Gasteiger partial charge in [0.1, 0.15) is 0 Å². The SMILES string of the molecule is CC(C)(C)c1cc2c(c(C(C)(C)C)c1)C=CC2. The van der Waals surface area contributed by atoms with Crippen molar-refractivity contribution in [3.8, 4) is 0 Å². The monoisotopic (exact) mass is 228 g/mol. The van der Waals surface area contributed by atoms with E-state index in [1.807, 2.05) is 0 Å².